The molecule has 0 heterocycles. The third-order valence-electron chi connectivity index (χ3n) is 2.97. The molecule has 0 bridgehead atoms. The first-order chi connectivity index (χ1) is 9.69. The quantitative estimate of drug-likeness (QED) is 0.878. The lowest BCUT2D eigenvalue weighted by atomic mass is 10.1. The van der Waals surface area contributed by atoms with Crippen LogP contribution in [-0.4, -0.2) is 11.7 Å². The Morgan fingerprint density at radius 3 is 2.60 bits per heavy atom. The van der Waals surface area contributed by atoms with Crippen molar-refractivity contribution in [3.8, 4) is 6.07 Å². The maximum absolute atomic E-state index is 13.0. The molecule has 0 aliphatic carbocycles. The maximum Gasteiger partial charge on any atom is 0.123 e. The van der Waals surface area contributed by atoms with Crippen molar-refractivity contribution in [3.63, 3.8) is 0 Å². The number of benzene rings is 2. The number of halogens is 1. The van der Waals surface area contributed by atoms with E-state index in [0.29, 0.717) is 18.5 Å². The molecular formula is C16H15FN2O. The van der Waals surface area contributed by atoms with E-state index in [1.807, 2.05) is 24.3 Å². The predicted molar refractivity (Wildman–Crippen MR) is 75.6 cm³/mol. The molecule has 0 fully saturated rings. The third-order valence-corrected chi connectivity index (χ3v) is 2.97. The van der Waals surface area contributed by atoms with Crippen molar-refractivity contribution in [2.45, 2.75) is 12.5 Å². The summed E-state index contributed by atoms with van der Waals surface area (Å²) >= 11 is 0. The van der Waals surface area contributed by atoms with Gasteiger partial charge in [0.05, 0.1) is 18.6 Å². The van der Waals surface area contributed by atoms with E-state index >= 15 is 0 Å². The summed E-state index contributed by atoms with van der Waals surface area (Å²) in [6, 6.07) is 15.4. The standard InChI is InChI=1S/C16H15FN2O/c17-14-3-1-2-13(10-14)16(20)11-19-15-6-4-12(5-7-15)8-9-18/h1-7,10,16,19-20H,8,11H2. The molecule has 1 atom stereocenters. The molecule has 0 aromatic heterocycles. The van der Waals surface area contributed by atoms with Gasteiger partial charge in [0.15, 0.2) is 0 Å². The highest BCUT2D eigenvalue weighted by Gasteiger charge is 2.07. The van der Waals surface area contributed by atoms with Gasteiger partial charge in [0.2, 0.25) is 0 Å². The molecule has 0 amide bonds. The van der Waals surface area contributed by atoms with E-state index in [4.69, 9.17) is 5.26 Å². The second kappa shape index (κ2) is 6.69. The van der Waals surface area contributed by atoms with Crippen LogP contribution in [0.1, 0.15) is 17.2 Å². The lowest BCUT2D eigenvalue weighted by Gasteiger charge is -2.13. The first-order valence-electron chi connectivity index (χ1n) is 6.32. The molecule has 3 nitrogen and oxygen atoms in total. The molecule has 0 saturated heterocycles. The van der Waals surface area contributed by atoms with Crippen LogP contribution in [0.25, 0.3) is 0 Å². The number of hydrogen-bond acceptors (Lipinski definition) is 3. The predicted octanol–water partition coefficient (Wildman–Crippen LogP) is 3.04. The van der Waals surface area contributed by atoms with E-state index in [9.17, 15) is 9.50 Å². The van der Waals surface area contributed by atoms with Crippen LogP contribution in [0.5, 0.6) is 0 Å². The Bertz CT molecular complexity index is 605. The molecule has 0 saturated carbocycles. The summed E-state index contributed by atoms with van der Waals surface area (Å²) in [4.78, 5) is 0. The minimum absolute atomic E-state index is 0.293. The van der Waals surface area contributed by atoms with Gasteiger partial charge in [-0.15, -0.1) is 0 Å². The van der Waals surface area contributed by atoms with E-state index in [-0.39, 0.29) is 5.82 Å². The van der Waals surface area contributed by atoms with Crippen LogP contribution in [0.4, 0.5) is 10.1 Å². The minimum atomic E-state index is -0.774. The van der Waals surface area contributed by atoms with Crippen molar-refractivity contribution in [1.82, 2.24) is 0 Å². The second-order valence-electron chi connectivity index (χ2n) is 4.48. The number of aliphatic hydroxyl groups excluding tert-OH is 1. The number of anilines is 1. The van der Waals surface area contributed by atoms with Gasteiger partial charge in [-0.1, -0.05) is 24.3 Å². The Morgan fingerprint density at radius 2 is 1.95 bits per heavy atom. The van der Waals surface area contributed by atoms with Gasteiger partial charge in [-0.2, -0.15) is 5.26 Å². The summed E-state index contributed by atoms with van der Waals surface area (Å²) in [5.41, 5.74) is 2.34. The van der Waals surface area contributed by atoms with E-state index in [1.54, 1.807) is 12.1 Å². The monoisotopic (exact) mass is 270 g/mol. The average Bonchev–Trinajstić information content (AvgIpc) is 2.46. The molecule has 20 heavy (non-hydrogen) atoms. The molecule has 2 N–H and O–H groups in total. The van der Waals surface area contributed by atoms with Crippen molar-refractivity contribution in [1.29, 1.82) is 5.26 Å². The summed E-state index contributed by atoms with van der Waals surface area (Å²) in [5.74, 6) is -0.359. The van der Waals surface area contributed by atoms with E-state index in [2.05, 4.69) is 11.4 Å². The van der Waals surface area contributed by atoms with Gasteiger partial charge in [-0.05, 0) is 35.4 Å². The normalized spacial score (nSPS) is 11.7. The lowest BCUT2D eigenvalue weighted by molar-refractivity contribution is 0.191. The van der Waals surface area contributed by atoms with Gasteiger partial charge in [0.25, 0.3) is 0 Å². The largest absolute Gasteiger partial charge is 0.387 e. The smallest absolute Gasteiger partial charge is 0.123 e. The third kappa shape index (κ3) is 3.81. The van der Waals surface area contributed by atoms with Crippen LogP contribution < -0.4 is 5.32 Å². The van der Waals surface area contributed by atoms with Gasteiger partial charge < -0.3 is 10.4 Å². The molecule has 4 heteroatoms. The lowest BCUT2D eigenvalue weighted by Crippen LogP contribution is -2.12. The van der Waals surface area contributed by atoms with Crippen LogP contribution >= 0.6 is 0 Å². The summed E-state index contributed by atoms with van der Waals surface area (Å²) in [7, 11) is 0. The molecule has 2 aromatic carbocycles. The fraction of sp³-hybridized carbons (Fsp3) is 0.188. The molecule has 0 spiro atoms. The zero-order chi connectivity index (χ0) is 14.4. The minimum Gasteiger partial charge on any atom is -0.387 e. The number of nitrogens with one attached hydrogen (secondary N) is 1. The molecule has 1 unspecified atom stereocenters. The summed E-state index contributed by atoms with van der Waals surface area (Å²) in [6.45, 7) is 0.293. The zero-order valence-corrected chi connectivity index (χ0v) is 10.9. The Kier molecular flexibility index (Phi) is 4.70. The van der Waals surface area contributed by atoms with Crippen molar-refractivity contribution in [3.05, 3.63) is 65.5 Å². The first kappa shape index (κ1) is 14.0. The van der Waals surface area contributed by atoms with Crippen LogP contribution in [0.15, 0.2) is 48.5 Å². The molecular weight excluding hydrogens is 255 g/mol. The Balaban J connectivity index is 1.93. The molecule has 0 aliphatic rings. The Hall–Kier alpha value is -2.38. The average molecular weight is 270 g/mol. The molecule has 0 radical (unpaired) electrons. The number of nitriles is 1. The highest BCUT2D eigenvalue weighted by atomic mass is 19.1. The first-order valence-corrected chi connectivity index (χ1v) is 6.32. The number of rotatable bonds is 5. The molecule has 0 aliphatic heterocycles. The zero-order valence-electron chi connectivity index (χ0n) is 10.9. The van der Waals surface area contributed by atoms with Gasteiger partial charge in [-0.3, -0.25) is 0 Å². The van der Waals surface area contributed by atoms with Crippen molar-refractivity contribution >= 4 is 5.69 Å². The fourth-order valence-electron chi connectivity index (χ4n) is 1.88. The fourth-order valence-corrected chi connectivity index (χ4v) is 1.88. The number of aliphatic hydroxyl groups is 1. The van der Waals surface area contributed by atoms with E-state index in [1.165, 1.54) is 12.1 Å². The number of nitrogens with zero attached hydrogens (tertiary/aromatic N) is 1. The SMILES string of the molecule is N#CCc1ccc(NCC(O)c2cccc(F)c2)cc1. The maximum atomic E-state index is 13.0. The van der Waals surface area contributed by atoms with Crippen LogP contribution in [0.2, 0.25) is 0 Å². The van der Waals surface area contributed by atoms with Gasteiger partial charge in [0, 0.05) is 12.2 Å². The van der Waals surface area contributed by atoms with Gasteiger partial charge in [0.1, 0.15) is 5.82 Å². The molecule has 2 aromatic rings. The van der Waals surface area contributed by atoms with Gasteiger partial charge in [-0.25, -0.2) is 4.39 Å². The highest BCUT2D eigenvalue weighted by molar-refractivity contribution is 5.45. The van der Waals surface area contributed by atoms with E-state index < -0.39 is 6.10 Å². The Labute approximate surface area is 117 Å². The topological polar surface area (TPSA) is 56.0 Å². The molecule has 102 valence electrons. The Morgan fingerprint density at radius 1 is 1.20 bits per heavy atom. The second-order valence-corrected chi connectivity index (χ2v) is 4.48. The molecule has 2 rings (SSSR count). The summed E-state index contributed by atoms with van der Waals surface area (Å²) in [5, 5.41) is 21.6. The van der Waals surface area contributed by atoms with Crippen LogP contribution in [0, 0.1) is 17.1 Å². The van der Waals surface area contributed by atoms with E-state index in [0.717, 1.165) is 11.3 Å². The van der Waals surface area contributed by atoms with Crippen LogP contribution in [-0.2, 0) is 6.42 Å². The van der Waals surface area contributed by atoms with Crippen molar-refractivity contribution in [2.75, 3.05) is 11.9 Å². The summed E-state index contributed by atoms with van der Waals surface area (Å²) in [6.07, 6.45) is -0.392. The van der Waals surface area contributed by atoms with Crippen molar-refractivity contribution < 1.29 is 9.50 Å². The number of hydrogen-bond donors (Lipinski definition) is 2. The van der Waals surface area contributed by atoms with Gasteiger partial charge >= 0.3 is 0 Å². The van der Waals surface area contributed by atoms with Crippen LogP contribution in [0.3, 0.4) is 0 Å². The summed E-state index contributed by atoms with van der Waals surface area (Å²) < 4.78 is 13.0. The highest BCUT2D eigenvalue weighted by Crippen LogP contribution is 2.16. The van der Waals surface area contributed by atoms with Crippen molar-refractivity contribution in [2.24, 2.45) is 0 Å².